The molecule has 0 fully saturated rings. The molecule has 140 valence electrons. The van der Waals surface area contributed by atoms with Crippen molar-refractivity contribution >= 4 is 29.0 Å². The van der Waals surface area contributed by atoms with Crippen molar-refractivity contribution in [3.05, 3.63) is 65.0 Å². The second-order valence-electron chi connectivity index (χ2n) is 6.13. The summed E-state index contributed by atoms with van der Waals surface area (Å²) in [5.74, 6) is -0.432. The molecule has 2 nitrogen and oxygen atoms in total. The van der Waals surface area contributed by atoms with Gasteiger partial charge in [0.2, 0.25) is 0 Å². The fourth-order valence-electron chi connectivity index (χ4n) is 2.70. The molecule has 3 rings (SSSR count). The number of hydrogen-bond donors (Lipinski definition) is 0. The minimum Gasteiger partial charge on any atom is -0.344 e. The average Bonchev–Trinajstić information content (AvgIpc) is 3.07. The first-order chi connectivity index (χ1) is 12.9. The van der Waals surface area contributed by atoms with Crippen LogP contribution in [0.2, 0.25) is 0 Å². The number of rotatable bonds is 5. The van der Waals surface area contributed by atoms with Crippen molar-refractivity contribution in [1.29, 1.82) is 0 Å². The van der Waals surface area contributed by atoms with Crippen LogP contribution in [0.4, 0.5) is 8.78 Å². The van der Waals surface area contributed by atoms with E-state index >= 15 is 0 Å². The topological polar surface area (TPSA) is 20.3 Å². The molecular formula is C21H19F2NOS2. The quantitative estimate of drug-likeness (QED) is 0.475. The molecule has 1 heterocycles. The summed E-state index contributed by atoms with van der Waals surface area (Å²) in [6.45, 7) is 2.09. The highest BCUT2D eigenvalue weighted by Gasteiger charge is 2.20. The molecular weight excluding hydrogens is 384 g/mol. The van der Waals surface area contributed by atoms with Crippen LogP contribution in [-0.2, 0) is 0 Å². The van der Waals surface area contributed by atoms with Gasteiger partial charge in [0.15, 0.2) is 0 Å². The van der Waals surface area contributed by atoms with Crippen LogP contribution in [0, 0.1) is 11.6 Å². The highest BCUT2D eigenvalue weighted by molar-refractivity contribution is 7.99. The maximum absolute atomic E-state index is 14.4. The lowest BCUT2D eigenvalue weighted by atomic mass is 10.0. The van der Waals surface area contributed by atoms with Crippen molar-refractivity contribution < 1.29 is 13.6 Å². The van der Waals surface area contributed by atoms with Gasteiger partial charge in [-0.2, -0.15) is 0 Å². The Labute approximate surface area is 165 Å². The highest BCUT2D eigenvalue weighted by Crippen LogP contribution is 2.41. The number of halogens is 2. The van der Waals surface area contributed by atoms with Gasteiger partial charge in [-0.15, -0.1) is 23.1 Å². The summed E-state index contributed by atoms with van der Waals surface area (Å²) < 4.78 is 27.8. The van der Waals surface area contributed by atoms with E-state index in [-0.39, 0.29) is 5.91 Å². The zero-order chi connectivity index (χ0) is 19.6. The summed E-state index contributed by atoms with van der Waals surface area (Å²) in [4.78, 5) is 16.2. The van der Waals surface area contributed by atoms with Crippen molar-refractivity contribution in [3.63, 3.8) is 0 Å². The molecule has 0 aliphatic carbocycles. The molecule has 1 aromatic heterocycles. The Morgan fingerprint density at radius 1 is 1.04 bits per heavy atom. The fourth-order valence-corrected chi connectivity index (χ4v) is 4.59. The van der Waals surface area contributed by atoms with E-state index in [1.165, 1.54) is 28.4 Å². The molecule has 0 saturated heterocycles. The first-order valence-electron chi connectivity index (χ1n) is 8.45. The van der Waals surface area contributed by atoms with Gasteiger partial charge in [0, 0.05) is 41.1 Å². The van der Waals surface area contributed by atoms with Gasteiger partial charge < -0.3 is 4.90 Å². The second kappa shape index (κ2) is 8.23. The van der Waals surface area contributed by atoms with E-state index in [0.29, 0.717) is 15.3 Å². The summed E-state index contributed by atoms with van der Waals surface area (Å²) in [5, 5.41) is 0. The number of hydrogen-bond acceptors (Lipinski definition) is 3. The van der Waals surface area contributed by atoms with Crippen LogP contribution in [0.15, 0.2) is 53.4 Å². The van der Waals surface area contributed by atoms with E-state index in [2.05, 4.69) is 6.92 Å². The Balaban J connectivity index is 2.14. The van der Waals surface area contributed by atoms with Crippen LogP contribution in [0.1, 0.15) is 16.6 Å². The van der Waals surface area contributed by atoms with Gasteiger partial charge in [0.1, 0.15) is 11.6 Å². The Morgan fingerprint density at radius 3 is 2.33 bits per heavy atom. The van der Waals surface area contributed by atoms with Gasteiger partial charge in [-0.05, 0) is 41.6 Å². The Kier molecular flexibility index (Phi) is 5.97. The summed E-state index contributed by atoms with van der Waals surface area (Å²) in [5.41, 5.74) is 1.95. The predicted octanol–water partition coefficient (Wildman–Crippen LogP) is 6.17. The van der Waals surface area contributed by atoms with E-state index in [1.807, 2.05) is 24.3 Å². The Bertz CT molecular complexity index is 965. The van der Waals surface area contributed by atoms with E-state index in [4.69, 9.17) is 0 Å². The fraction of sp³-hybridized carbons (Fsp3) is 0.190. The van der Waals surface area contributed by atoms with Gasteiger partial charge in [-0.1, -0.05) is 19.1 Å². The van der Waals surface area contributed by atoms with E-state index in [0.717, 1.165) is 27.8 Å². The van der Waals surface area contributed by atoms with Crippen LogP contribution in [-0.4, -0.2) is 30.7 Å². The standard InChI is InChI=1S/C21H19F2NOS2/c1-4-26-15-8-5-13(6-9-15)17-12-19(21(25)24(2)3)27-20(17)16-10-7-14(22)11-18(16)23/h5-12H,4H2,1-3H3. The van der Waals surface area contributed by atoms with Gasteiger partial charge in [-0.3, -0.25) is 4.79 Å². The second-order valence-corrected chi connectivity index (χ2v) is 8.52. The minimum atomic E-state index is -0.639. The third-order valence-corrected chi connectivity index (χ3v) is 6.05. The van der Waals surface area contributed by atoms with E-state index in [9.17, 15) is 13.6 Å². The summed E-state index contributed by atoms with van der Waals surface area (Å²) in [6, 6.07) is 13.3. The predicted molar refractivity (Wildman–Crippen MR) is 110 cm³/mol. The van der Waals surface area contributed by atoms with Crippen LogP contribution in [0.5, 0.6) is 0 Å². The number of carbonyl (C=O) groups excluding carboxylic acids is 1. The van der Waals surface area contributed by atoms with Crippen molar-refractivity contribution in [3.8, 4) is 21.6 Å². The molecule has 1 amide bonds. The maximum Gasteiger partial charge on any atom is 0.263 e. The third-order valence-electron chi connectivity index (χ3n) is 4.00. The SMILES string of the molecule is CCSc1ccc(-c2cc(C(=O)N(C)C)sc2-c2ccc(F)cc2F)cc1. The molecule has 6 heteroatoms. The normalized spacial score (nSPS) is 10.9. The molecule has 0 bridgehead atoms. The molecule has 0 N–H and O–H groups in total. The molecule has 2 aromatic carbocycles. The molecule has 0 spiro atoms. The summed E-state index contributed by atoms with van der Waals surface area (Å²) in [7, 11) is 3.35. The number of nitrogens with zero attached hydrogens (tertiary/aromatic N) is 1. The Hall–Kier alpha value is -2.18. The van der Waals surface area contributed by atoms with Gasteiger partial charge in [-0.25, -0.2) is 8.78 Å². The van der Waals surface area contributed by atoms with E-state index < -0.39 is 11.6 Å². The summed E-state index contributed by atoms with van der Waals surface area (Å²) in [6.07, 6.45) is 0. The molecule has 0 saturated carbocycles. The van der Waals surface area contributed by atoms with Crippen molar-refractivity contribution in [2.24, 2.45) is 0 Å². The van der Waals surface area contributed by atoms with E-state index in [1.54, 1.807) is 31.9 Å². The smallest absolute Gasteiger partial charge is 0.263 e. The van der Waals surface area contributed by atoms with Crippen molar-refractivity contribution in [2.75, 3.05) is 19.8 Å². The minimum absolute atomic E-state index is 0.145. The molecule has 0 aliphatic heterocycles. The Morgan fingerprint density at radius 2 is 1.74 bits per heavy atom. The van der Waals surface area contributed by atoms with Crippen LogP contribution in [0.3, 0.4) is 0 Å². The molecule has 0 radical (unpaired) electrons. The lowest BCUT2D eigenvalue weighted by Crippen LogP contribution is -2.20. The molecule has 0 unspecified atom stereocenters. The summed E-state index contributed by atoms with van der Waals surface area (Å²) >= 11 is 2.96. The number of thiophene rings is 1. The monoisotopic (exact) mass is 403 g/mol. The molecule has 0 aliphatic rings. The van der Waals surface area contributed by atoms with Crippen LogP contribution >= 0.6 is 23.1 Å². The number of amides is 1. The van der Waals surface area contributed by atoms with Crippen molar-refractivity contribution in [2.45, 2.75) is 11.8 Å². The third kappa shape index (κ3) is 4.22. The maximum atomic E-state index is 14.4. The van der Waals surface area contributed by atoms with Gasteiger partial charge >= 0.3 is 0 Å². The molecule has 27 heavy (non-hydrogen) atoms. The number of benzene rings is 2. The lowest BCUT2D eigenvalue weighted by Gasteiger charge is -2.07. The number of carbonyl (C=O) groups is 1. The van der Waals surface area contributed by atoms with Crippen LogP contribution < -0.4 is 0 Å². The van der Waals surface area contributed by atoms with Crippen molar-refractivity contribution in [1.82, 2.24) is 4.90 Å². The average molecular weight is 404 g/mol. The first-order valence-corrected chi connectivity index (χ1v) is 10.2. The van der Waals surface area contributed by atoms with Gasteiger partial charge in [0.25, 0.3) is 5.91 Å². The largest absolute Gasteiger partial charge is 0.344 e. The molecule has 3 aromatic rings. The van der Waals surface area contributed by atoms with Gasteiger partial charge in [0.05, 0.1) is 4.88 Å². The molecule has 0 atom stereocenters. The zero-order valence-electron chi connectivity index (χ0n) is 15.3. The highest BCUT2D eigenvalue weighted by atomic mass is 32.2. The lowest BCUT2D eigenvalue weighted by molar-refractivity contribution is 0.0832. The first kappa shape index (κ1) is 19.6. The number of thioether (sulfide) groups is 1. The zero-order valence-corrected chi connectivity index (χ0v) is 16.9. The van der Waals surface area contributed by atoms with Crippen LogP contribution in [0.25, 0.3) is 21.6 Å².